The smallest absolute Gasteiger partial charge is 0.208 e. The van der Waals surface area contributed by atoms with Gasteiger partial charge in [-0.3, -0.25) is 4.99 Å². The van der Waals surface area contributed by atoms with Gasteiger partial charge in [0.1, 0.15) is 0 Å². The van der Waals surface area contributed by atoms with E-state index in [-0.39, 0.29) is 12.0 Å². The predicted molar refractivity (Wildman–Crippen MR) is 73.9 cm³/mol. The molecule has 1 aliphatic rings. The van der Waals surface area contributed by atoms with E-state index in [2.05, 4.69) is 15.0 Å². The Morgan fingerprint density at radius 1 is 1.39 bits per heavy atom. The van der Waals surface area contributed by atoms with Gasteiger partial charge in [0.25, 0.3) is 0 Å². The van der Waals surface area contributed by atoms with Crippen LogP contribution in [0.4, 0.5) is 0 Å². The van der Waals surface area contributed by atoms with E-state index in [9.17, 15) is 8.42 Å². The number of sulfonamides is 1. The lowest BCUT2D eigenvalue weighted by Gasteiger charge is -2.30. The molecule has 2 unspecified atom stereocenters. The van der Waals surface area contributed by atoms with Crippen LogP contribution in [0.5, 0.6) is 0 Å². The average molecular weight is 276 g/mol. The molecular weight excluding hydrogens is 252 g/mol. The number of nitrogens with two attached hydrogens (primary N) is 1. The molecule has 1 saturated carbocycles. The summed E-state index contributed by atoms with van der Waals surface area (Å²) in [6.45, 7) is 3.27. The fourth-order valence-corrected chi connectivity index (χ4v) is 3.17. The maximum atomic E-state index is 11.3. The molecule has 0 aromatic carbocycles. The van der Waals surface area contributed by atoms with Crippen LogP contribution in [0.3, 0.4) is 0 Å². The van der Waals surface area contributed by atoms with Crippen LogP contribution in [0.1, 0.15) is 32.6 Å². The van der Waals surface area contributed by atoms with E-state index in [4.69, 9.17) is 5.73 Å². The van der Waals surface area contributed by atoms with E-state index >= 15 is 0 Å². The van der Waals surface area contributed by atoms with Crippen molar-refractivity contribution in [2.45, 2.75) is 38.6 Å². The second-order valence-corrected chi connectivity index (χ2v) is 6.58. The third-order valence-corrected chi connectivity index (χ3v) is 3.86. The van der Waals surface area contributed by atoms with Crippen LogP contribution < -0.4 is 15.8 Å². The number of rotatable bonds is 5. The van der Waals surface area contributed by atoms with Crippen molar-refractivity contribution >= 4 is 16.0 Å². The summed E-state index contributed by atoms with van der Waals surface area (Å²) in [7, 11) is -3.15. The minimum Gasteiger partial charge on any atom is -0.370 e. The zero-order valence-corrected chi connectivity index (χ0v) is 12.0. The molecule has 1 fully saturated rings. The van der Waals surface area contributed by atoms with Crippen LogP contribution in [-0.2, 0) is 10.0 Å². The molecule has 18 heavy (non-hydrogen) atoms. The van der Waals surface area contributed by atoms with Crippen LogP contribution in [0.25, 0.3) is 0 Å². The second-order valence-electron chi connectivity index (χ2n) is 4.80. The minimum atomic E-state index is -3.15. The van der Waals surface area contributed by atoms with Gasteiger partial charge in [-0.2, -0.15) is 0 Å². The lowest BCUT2D eigenvalue weighted by atomic mass is 9.85. The first-order valence-electron chi connectivity index (χ1n) is 6.43. The number of hydrogen-bond donors (Lipinski definition) is 3. The van der Waals surface area contributed by atoms with E-state index in [0.29, 0.717) is 12.5 Å². The van der Waals surface area contributed by atoms with Gasteiger partial charge < -0.3 is 11.1 Å². The molecule has 0 heterocycles. The highest BCUT2D eigenvalue weighted by Gasteiger charge is 2.27. The molecule has 7 heteroatoms. The van der Waals surface area contributed by atoms with Crippen molar-refractivity contribution < 1.29 is 8.42 Å². The van der Waals surface area contributed by atoms with E-state index in [1.807, 2.05) is 6.92 Å². The average Bonchev–Trinajstić information content (AvgIpc) is 2.26. The summed E-state index contributed by atoms with van der Waals surface area (Å²) in [6.07, 6.45) is 5.28. The number of aliphatic imine (C=N–C) groups is 1. The molecule has 0 saturated heterocycles. The van der Waals surface area contributed by atoms with Crippen LogP contribution >= 0.6 is 0 Å². The largest absolute Gasteiger partial charge is 0.370 e. The normalized spacial score (nSPS) is 26.0. The summed E-state index contributed by atoms with van der Waals surface area (Å²) in [6, 6.07) is -0.00748. The second kappa shape index (κ2) is 6.94. The molecule has 0 bridgehead atoms. The third kappa shape index (κ3) is 5.68. The number of hydrogen-bond acceptors (Lipinski definition) is 3. The monoisotopic (exact) mass is 276 g/mol. The molecule has 0 aromatic rings. The SMILES string of the molecule is CCNC(N)=NCC1CCCCC1NS(C)(=O)=O. The maximum Gasteiger partial charge on any atom is 0.208 e. The van der Waals surface area contributed by atoms with Crippen LogP contribution in [0.15, 0.2) is 4.99 Å². The van der Waals surface area contributed by atoms with Gasteiger partial charge in [0, 0.05) is 19.1 Å². The summed E-state index contributed by atoms with van der Waals surface area (Å²) in [5.41, 5.74) is 5.67. The highest BCUT2D eigenvalue weighted by molar-refractivity contribution is 7.88. The Balaban J connectivity index is 2.57. The molecule has 0 aromatic heterocycles. The van der Waals surface area contributed by atoms with E-state index in [1.165, 1.54) is 6.26 Å². The van der Waals surface area contributed by atoms with Crippen molar-refractivity contribution in [2.75, 3.05) is 19.3 Å². The van der Waals surface area contributed by atoms with Gasteiger partial charge in [0.05, 0.1) is 6.26 Å². The predicted octanol–water partition coefficient (Wildman–Crippen LogP) is 0.0186. The van der Waals surface area contributed by atoms with Crippen molar-refractivity contribution in [1.82, 2.24) is 10.0 Å². The fourth-order valence-electron chi connectivity index (χ4n) is 2.31. The molecule has 1 aliphatic carbocycles. The quantitative estimate of drug-likeness (QED) is 0.487. The van der Waals surface area contributed by atoms with Gasteiger partial charge in [-0.1, -0.05) is 12.8 Å². The standard InChI is InChI=1S/C11H24N4O2S/c1-3-13-11(12)14-8-9-6-4-5-7-10(9)15-18(2,16)17/h9-10,15H,3-8H2,1-2H3,(H3,12,13,14). The summed E-state index contributed by atoms with van der Waals surface area (Å²) in [5, 5.41) is 2.94. The van der Waals surface area contributed by atoms with Crippen LogP contribution in [-0.4, -0.2) is 39.8 Å². The first kappa shape index (κ1) is 15.2. The molecule has 0 amide bonds. The van der Waals surface area contributed by atoms with Gasteiger partial charge in [-0.15, -0.1) is 0 Å². The fraction of sp³-hybridized carbons (Fsp3) is 0.909. The van der Waals surface area contributed by atoms with Crippen molar-refractivity contribution in [3.63, 3.8) is 0 Å². The first-order valence-corrected chi connectivity index (χ1v) is 8.32. The molecule has 6 nitrogen and oxygen atoms in total. The Morgan fingerprint density at radius 3 is 2.67 bits per heavy atom. The van der Waals surface area contributed by atoms with E-state index in [1.54, 1.807) is 0 Å². The van der Waals surface area contributed by atoms with Gasteiger partial charge in [0.15, 0.2) is 5.96 Å². The maximum absolute atomic E-state index is 11.3. The van der Waals surface area contributed by atoms with Crippen molar-refractivity contribution in [3.8, 4) is 0 Å². The summed E-state index contributed by atoms with van der Waals surface area (Å²) < 4.78 is 25.3. The van der Waals surface area contributed by atoms with E-state index in [0.717, 1.165) is 32.2 Å². The summed E-state index contributed by atoms with van der Waals surface area (Å²) in [5.74, 6) is 0.673. The third-order valence-electron chi connectivity index (χ3n) is 3.13. The van der Waals surface area contributed by atoms with Crippen LogP contribution in [0, 0.1) is 5.92 Å². The summed E-state index contributed by atoms with van der Waals surface area (Å²) in [4.78, 5) is 4.27. The number of guanidine groups is 1. The Bertz CT molecular complexity index is 381. The highest BCUT2D eigenvalue weighted by atomic mass is 32.2. The lowest BCUT2D eigenvalue weighted by Crippen LogP contribution is -2.43. The molecule has 4 N–H and O–H groups in total. The Morgan fingerprint density at radius 2 is 2.06 bits per heavy atom. The summed E-state index contributed by atoms with van der Waals surface area (Å²) >= 11 is 0. The molecule has 1 rings (SSSR count). The van der Waals surface area contributed by atoms with E-state index < -0.39 is 10.0 Å². The van der Waals surface area contributed by atoms with Crippen LogP contribution in [0.2, 0.25) is 0 Å². The van der Waals surface area contributed by atoms with Crippen molar-refractivity contribution in [3.05, 3.63) is 0 Å². The molecule has 0 aliphatic heterocycles. The zero-order chi connectivity index (χ0) is 13.6. The Labute approximate surface area is 109 Å². The zero-order valence-electron chi connectivity index (χ0n) is 11.1. The minimum absolute atomic E-state index is 0.00748. The molecular formula is C11H24N4O2S. The van der Waals surface area contributed by atoms with Gasteiger partial charge >= 0.3 is 0 Å². The molecule has 0 radical (unpaired) electrons. The van der Waals surface area contributed by atoms with Gasteiger partial charge in [0.2, 0.25) is 10.0 Å². The Kier molecular flexibility index (Phi) is 5.87. The molecule has 106 valence electrons. The lowest BCUT2D eigenvalue weighted by molar-refractivity contribution is 0.297. The van der Waals surface area contributed by atoms with Crippen molar-refractivity contribution in [1.29, 1.82) is 0 Å². The van der Waals surface area contributed by atoms with Gasteiger partial charge in [-0.05, 0) is 25.7 Å². The first-order chi connectivity index (χ1) is 8.42. The molecule has 2 atom stereocenters. The topological polar surface area (TPSA) is 96.6 Å². The number of nitrogens with one attached hydrogen (secondary N) is 2. The molecule has 0 spiro atoms. The van der Waals surface area contributed by atoms with Crippen molar-refractivity contribution in [2.24, 2.45) is 16.6 Å². The Hall–Kier alpha value is -0.820. The highest BCUT2D eigenvalue weighted by Crippen LogP contribution is 2.25. The van der Waals surface area contributed by atoms with Gasteiger partial charge in [-0.25, -0.2) is 13.1 Å². The number of nitrogens with zero attached hydrogens (tertiary/aromatic N) is 1.